The first-order valence-corrected chi connectivity index (χ1v) is 14.7. The number of ether oxygens (including phenoxy) is 1. The highest BCUT2D eigenvalue weighted by atomic mass is 16.5. The first-order valence-electron chi connectivity index (χ1n) is 14.7. The highest BCUT2D eigenvalue weighted by Gasteiger charge is 2.21. The quantitative estimate of drug-likeness (QED) is 0.142. The molecule has 0 N–H and O–H groups in total. The lowest BCUT2D eigenvalue weighted by atomic mass is 10.1. The SMILES string of the molecule is C=C/C=C\c1ccc(/C=C\C=C)n1C(C)/C(OC(C)/C=C\C(=C)n1c(C)c(/C=C\CC)c2ccccc21)=C(C)\C=C/C. The summed E-state index contributed by atoms with van der Waals surface area (Å²) in [7, 11) is 0. The van der Waals surface area contributed by atoms with Crippen molar-refractivity contribution in [1.82, 2.24) is 9.13 Å². The molecule has 2 unspecified atom stereocenters. The number of nitrogens with zero attached hydrogens (tertiary/aromatic N) is 2. The summed E-state index contributed by atoms with van der Waals surface area (Å²) in [5.74, 6) is 0.906. The van der Waals surface area contributed by atoms with E-state index in [0.717, 1.165) is 40.4 Å². The van der Waals surface area contributed by atoms with Crippen molar-refractivity contribution >= 4 is 34.8 Å². The fraction of sp³-hybridized carbons (Fsp3) is 0.231. The number of allylic oxidation sites excluding steroid dienone is 11. The van der Waals surface area contributed by atoms with Crippen LogP contribution in [0.3, 0.4) is 0 Å². The Labute approximate surface area is 253 Å². The molecule has 0 spiro atoms. The van der Waals surface area contributed by atoms with Crippen molar-refractivity contribution in [1.29, 1.82) is 0 Å². The minimum absolute atomic E-state index is 0.0623. The number of rotatable bonds is 14. The van der Waals surface area contributed by atoms with Crippen molar-refractivity contribution in [2.75, 3.05) is 0 Å². The van der Waals surface area contributed by atoms with Crippen molar-refractivity contribution in [2.45, 2.75) is 60.1 Å². The van der Waals surface area contributed by atoms with Crippen molar-refractivity contribution in [3.8, 4) is 0 Å². The normalized spacial score (nSPS) is 14.5. The van der Waals surface area contributed by atoms with Gasteiger partial charge in [-0.25, -0.2) is 0 Å². The van der Waals surface area contributed by atoms with Gasteiger partial charge in [0.15, 0.2) is 0 Å². The van der Waals surface area contributed by atoms with E-state index in [1.165, 1.54) is 16.6 Å². The lowest BCUT2D eigenvalue weighted by molar-refractivity contribution is 0.142. The molecule has 0 aliphatic rings. The maximum Gasteiger partial charge on any atom is 0.122 e. The van der Waals surface area contributed by atoms with Crippen LogP contribution in [0, 0.1) is 6.92 Å². The molecule has 0 bridgehead atoms. The van der Waals surface area contributed by atoms with E-state index in [1.807, 2.05) is 25.2 Å². The molecular weight excluding hydrogens is 512 g/mol. The first kappa shape index (κ1) is 32.0. The molecule has 3 heteroatoms. The molecular formula is C39H46N2O. The smallest absolute Gasteiger partial charge is 0.122 e. The van der Waals surface area contributed by atoms with Crippen molar-refractivity contribution < 1.29 is 4.74 Å². The van der Waals surface area contributed by atoms with Gasteiger partial charge >= 0.3 is 0 Å². The fourth-order valence-corrected chi connectivity index (χ4v) is 5.27. The molecule has 3 rings (SSSR count). The van der Waals surface area contributed by atoms with E-state index >= 15 is 0 Å². The summed E-state index contributed by atoms with van der Waals surface area (Å²) in [6.45, 7) is 24.8. The second-order valence-electron chi connectivity index (χ2n) is 10.3. The lowest BCUT2D eigenvalue weighted by Crippen LogP contribution is -2.17. The molecule has 0 saturated heterocycles. The zero-order valence-corrected chi connectivity index (χ0v) is 26.2. The molecule has 0 aliphatic carbocycles. The largest absolute Gasteiger partial charge is 0.489 e. The Morgan fingerprint density at radius 3 is 2.19 bits per heavy atom. The first-order chi connectivity index (χ1) is 20.3. The van der Waals surface area contributed by atoms with Gasteiger partial charge in [0.1, 0.15) is 11.9 Å². The van der Waals surface area contributed by atoms with Gasteiger partial charge in [0.25, 0.3) is 0 Å². The third kappa shape index (κ3) is 7.41. The van der Waals surface area contributed by atoms with E-state index in [1.54, 1.807) is 12.2 Å². The summed E-state index contributed by atoms with van der Waals surface area (Å²) in [6.07, 6.45) is 25.2. The Morgan fingerprint density at radius 2 is 1.60 bits per heavy atom. The predicted octanol–water partition coefficient (Wildman–Crippen LogP) is 11.1. The van der Waals surface area contributed by atoms with Crippen molar-refractivity contribution in [3.05, 3.63) is 145 Å². The Kier molecular flexibility index (Phi) is 11.8. The van der Waals surface area contributed by atoms with E-state index in [0.29, 0.717) is 0 Å². The molecule has 1 aromatic carbocycles. The van der Waals surface area contributed by atoms with Crippen LogP contribution in [0.1, 0.15) is 69.7 Å². The predicted molar refractivity (Wildman–Crippen MR) is 186 cm³/mol. The number of hydrogen-bond donors (Lipinski definition) is 0. The van der Waals surface area contributed by atoms with Crippen LogP contribution in [0.2, 0.25) is 0 Å². The fourth-order valence-electron chi connectivity index (χ4n) is 5.27. The Bertz CT molecular complexity index is 1560. The maximum atomic E-state index is 6.70. The number of fused-ring (bicyclic) bond motifs is 1. The van der Waals surface area contributed by atoms with Gasteiger partial charge in [-0.15, -0.1) is 0 Å². The number of hydrogen-bond acceptors (Lipinski definition) is 1. The van der Waals surface area contributed by atoms with E-state index in [9.17, 15) is 0 Å². The molecule has 0 radical (unpaired) electrons. The summed E-state index contributed by atoms with van der Waals surface area (Å²) in [5.41, 5.74) is 7.68. The highest BCUT2D eigenvalue weighted by Crippen LogP contribution is 2.32. The number of benzene rings is 1. The van der Waals surface area contributed by atoms with Gasteiger partial charge in [0, 0.05) is 33.7 Å². The van der Waals surface area contributed by atoms with Crippen LogP contribution in [0.5, 0.6) is 0 Å². The van der Waals surface area contributed by atoms with E-state index < -0.39 is 0 Å². The van der Waals surface area contributed by atoms with E-state index in [2.05, 4.69) is 142 Å². The third-order valence-electron chi connectivity index (χ3n) is 7.20. The van der Waals surface area contributed by atoms with Crippen LogP contribution < -0.4 is 0 Å². The van der Waals surface area contributed by atoms with Gasteiger partial charge in [-0.3, -0.25) is 0 Å². The van der Waals surface area contributed by atoms with Gasteiger partial charge in [-0.2, -0.15) is 0 Å². The van der Waals surface area contributed by atoms with Crippen molar-refractivity contribution in [2.24, 2.45) is 0 Å². The zero-order valence-electron chi connectivity index (χ0n) is 26.2. The molecule has 0 saturated carbocycles. The third-order valence-corrected chi connectivity index (χ3v) is 7.20. The molecule has 2 atom stereocenters. The molecule has 0 aliphatic heterocycles. The van der Waals surface area contributed by atoms with Gasteiger partial charge < -0.3 is 13.9 Å². The number of aromatic nitrogens is 2. The number of para-hydroxylation sites is 1. The summed E-state index contributed by atoms with van der Waals surface area (Å²) >= 11 is 0. The molecule has 0 amide bonds. The topological polar surface area (TPSA) is 19.1 Å². The second-order valence-corrected chi connectivity index (χ2v) is 10.3. The average molecular weight is 559 g/mol. The Balaban J connectivity index is 1.97. The standard InChI is InChI=1S/C39H46N2O/c1-10-14-20-34-27-28-35(21-15-11-2)41(34)33(9)39(29(5)19-13-4)42-31(7)26-25-30(6)40-32(8)36(22-16-12-3)37-23-17-18-24-38(37)40/h10-11,13-28,31,33H,1-2,6,12H2,3-5,7-9H3/b19-13-,20-14-,21-15-,22-16-,26-25-,39-29+. The second kappa shape index (κ2) is 15.5. The van der Waals surface area contributed by atoms with Gasteiger partial charge in [0.05, 0.1) is 11.6 Å². The van der Waals surface area contributed by atoms with Crippen LogP contribution in [-0.4, -0.2) is 15.2 Å². The monoisotopic (exact) mass is 558 g/mol. The zero-order chi connectivity index (χ0) is 30.6. The van der Waals surface area contributed by atoms with Crippen molar-refractivity contribution in [3.63, 3.8) is 0 Å². The van der Waals surface area contributed by atoms with Crippen LogP contribution in [0.15, 0.2) is 122 Å². The highest BCUT2D eigenvalue weighted by molar-refractivity contribution is 5.94. The van der Waals surface area contributed by atoms with Gasteiger partial charge in [0.2, 0.25) is 0 Å². The van der Waals surface area contributed by atoms with Crippen LogP contribution in [0.4, 0.5) is 0 Å². The van der Waals surface area contributed by atoms with Gasteiger partial charge in [-0.05, 0) is 89.1 Å². The summed E-state index contributed by atoms with van der Waals surface area (Å²) in [4.78, 5) is 0. The molecule has 42 heavy (non-hydrogen) atoms. The Hall–Kier alpha value is -4.50. The molecule has 3 aromatic rings. The summed E-state index contributed by atoms with van der Waals surface area (Å²) in [5, 5.41) is 1.23. The maximum absolute atomic E-state index is 6.70. The van der Waals surface area contributed by atoms with Gasteiger partial charge in [-0.1, -0.05) is 93.5 Å². The minimum atomic E-state index is -0.184. The van der Waals surface area contributed by atoms with E-state index in [4.69, 9.17) is 4.74 Å². The summed E-state index contributed by atoms with van der Waals surface area (Å²) in [6, 6.07) is 12.7. The van der Waals surface area contributed by atoms with Crippen LogP contribution in [0.25, 0.3) is 34.8 Å². The molecule has 0 fully saturated rings. The molecule has 2 aromatic heterocycles. The summed E-state index contributed by atoms with van der Waals surface area (Å²) < 4.78 is 11.2. The average Bonchev–Trinajstić information content (AvgIpc) is 3.52. The van der Waals surface area contributed by atoms with Crippen LogP contribution >= 0.6 is 0 Å². The minimum Gasteiger partial charge on any atom is -0.489 e. The molecule has 3 nitrogen and oxygen atoms in total. The molecule has 218 valence electrons. The Morgan fingerprint density at radius 1 is 0.952 bits per heavy atom. The molecule has 2 heterocycles. The van der Waals surface area contributed by atoms with E-state index in [-0.39, 0.29) is 12.1 Å². The van der Waals surface area contributed by atoms with Crippen LogP contribution in [-0.2, 0) is 4.74 Å². The lowest BCUT2D eigenvalue weighted by Gasteiger charge is -2.26.